The lowest BCUT2D eigenvalue weighted by atomic mass is 9.89. The van der Waals surface area contributed by atoms with Gasteiger partial charge in [-0.25, -0.2) is 0 Å². The summed E-state index contributed by atoms with van der Waals surface area (Å²) in [6, 6.07) is 9.40. The van der Waals surface area contributed by atoms with E-state index in [1.807, 2.05) is 12.1 Å². The van der Waals surface area contributed by atoms with Gasteiger partial charge in [0.25, 0.3) is 5.91 Å². The lowest BCUT2D eigenvalue weighted by molar-refractivity contribution is 0.0785. The number of aliphatic hydroxyl groups excluding tert-OH is 1. The molecule has 0 saturated carbocycles. The van der Waals surface area contributed by atoms with Gasteiger partial charge >= 0.3 is 0 Å². The predicted molar refractivity (Wildman–Crippen MR) is 122 cm³/mol. The van der Waals surface area contributed by atoms with Gasteiger partial charge in [-0.3, -0.25) is 9.78 Å². The molecule has 1 amide bonds. The van der Waals surface area contributed by atoms with Gasteiger partial charge in [0.15, 0.2) is 0 Å². The van der Waals surface area contributed by atoms with Crippen LogP contribution in [0.4, 0.5) is 0 Å². The minimum atomic E-state index is -0.113. The first kappa shape index (κ1) is 22.0. The van der Waals surface area contributed by atoms with E-state index >= 15 is 0 Å². The Bertz CT molecular complexity index is 996. The number of halogens is 1. The van der Waals surface area contributed by atoms with E-state index in [1.165, 1.54) is 0 Å². The van der Waals surface area contributed by atoms with E-state index in [9.17, 15) is 9.90 Å². The summed E-state index contributed by atoms with van der Waals surface area (Å²) in [5, 5.41) is 10.5. The number of aromatic nitrogens is 1. The fraction of sp³-hybridized carbons (Fsp3) is 0.280. The molecule has 1 saturated heterocycles. The van der Waals surface area contributed by atoms with Gasteiger partial charge < -0.3 is 10.0 Å². The van der Waals surface area contributed by atoms with Gasteiger partial charge in [-0.15, -0.1) is 0 Å². The van der Waals surface area contributed by atoms with Crippen LogP contribution in [0.5, 0.6) is 0 Å². The van der Waals surface area contributed by atoms with E-state index in [1.54, 1.807) is 29.3 Å². The number of carbonyl (C=O) groups excluding carboxylic acids is 1. The highest BCUT2D eigenvalue weighted by atomic mass is 35.5. The minimum Gasteiger partial charge on any atom is -0.392 e. The number of aliphatic hydroxyl groups is 1. The lowest BCUT2D eigenvalue weighted by Gasteiger charge is -2.19. The smallest absolute Gasteiger partial charge is 0.272 e. The number of likely N-dealkylation sites (tertiary alicyclic amines) is 1. The molecule has 1 aromatic heterocycles. The average Bonchev–Trinajstić information content (AvgIpc) is 3.26. The van der Waals surface area contributed by atoms with Gasteiger partial charge in [0.2, 0.25) is 0 Å². The van der Waals surface area contributed by atoms with Gasteiger partial charge in [0.1, 0.15) is 5.69 Å². The second-order valence-corrected chi connectivity index (χ2v) is 7.88. The fourth-order valence-corrected chi connectivity index (χ4v) is 4.08. The zero-order chi connectivity index (χ0) is 21.7. The molecule has 1 aliphatic heterocycles. The third-order valence-corrected chi connectivity index (χ3v) is 5.81. The Labute approximate surface area is 183 Å². The van der Waals surface area contributed by atoms with Gasteiger partial charge in [0.05, 0.1) is 6.61 Å². The second kappa shape index (κ2) is 9.88. The van der Waals surface area contributed by atoms with Crippen LogP contribution in [0.1, 0.15) is 52.9 Å². The molecule has 1 aromatic carbocycles. The van der Waals surface area contributed by atoms with E-state index in [4.69, 9.17) is 11.6 Å². The number of pyridine rings is 1. The number of rotatable bonds is 7. The Balaban J connectivity index is 1.83. The molecular formula is C25H27ClN2O2. The first-order chi connectivity index (χ1) is 14.5. The van der Waals surface area contributed by atoms with E-state index in [2.05, 4.69) is 37.2 Å². The third-order valence-electron chi connectivity index (χ3n) is 5.57. The number of hydrogen-bond donors (Lipinski definition) is 1. The maximum absolute atomic E-state index is 12.8. The summed E-state index contributed by atoms with van der Waals surface area (Å²) in [7, 11) is 0. The highest BCUT2D eigenvalue weighted by molar-refractivity contribution is 6.30. The SMILES string of the molecule is C=C/C=C(\C(=C)CC)c1ccc(C2CCN(C(=O)c3cc(Cl)ccn3)C2)c(CO)c1. The molecule has 3 rings (SSSR count). The number of amides is 1. The molecule has 0 aliphatic carbocycles. The molecule has 1 atom stereocenters. The molecule has 30 heavy (non-hydrogen) atoms. The van der Waals surface area contributed by atoms with Gasteiger partial charge in [-0.05, 0) is 58.9 Å². The number of nitrogens with zero attached hydrogens (tertiary/aromatic N) is 2. The number of carbonyl (C=O) groups is 1. The van der Waals surface area contributed by atoms with Crippen molar-refractivity contribution >= 4 is 23.1 Å². The Morgan fingerprint density at radius 1 is 1.37 bits per heavy atom. The average molecular weight is 423 g/mol. The van der Waals surface area contributed by atoms with E-state index in [0.29, 0.717) is 23.8 Å². The van der Waals surface area contributed by atoms with Crippen LogP contribution in [0, 0.1) is 0 Å². The summed E-state index contributed by atoms with van der Waals surface area (Å²) in [5.74, 6) is 0.0585. The van der Waals surface area contributed by atoms with Crippen molar-refractivity contribution in [2.45, 2.75) is 32.3 Å². The Morgan fingerprint density at radius 3 is 2.83 bits per heavy atom. The summed E-state index contributed by atoms with van der Waals surface area (Å²) in [5.41, 5.74) is 5.39. The van der Waals surface area contributed by atoms with Crippen molar-refractivity contribution in [3.63, 3.8) is 0 Å². The summed E-state index contributed by atoms with van der Waals surface area (Å²) in [6.07, 6.45) is 6.94. The highest BCUT2D eigenvalue weighted by Gasteiger charge is 2.30. The van der Waals surface area contributed by atoms with Crippen molar-refractivity contribution in [1.29, 1.82) is 0 Å². The Morgan fingerprint density at radius 2 is 2.17 bits per heavy atom. The molecule has 2 heterocycles. The van der Waals surface area contributed by atoms with Crippen molar-refractivity contribution in [3.05, 3.63) is 94.8 Å². The zero-order valence-electron chi connectivity index (χ0n) is 17.3. The first-order valence-electron chi connectivity index (χ1n) is 10.1. The number of allylic oxidation sites excluding steroid dienone is 4. The molecule has 5 heteroatoms. The standard InChI is InChI=1S/C25H27ClN2O2/c1-4-6-22(17(3)5-2)18-7-8-23(20(13-18)16-29)19-10-12-28(15-19)25(30)24-14-21(26)9-11-27-24/h4,6-9,11,13-14,19,29H,1,3,5,10,12,15-16H2,2H3/b22-6+. The van der Waals surface area contributed by atoms with Crippen LogP contribution in [0.15, 0.2) is 67.4 Å². The maximum Gasteiger partial charge on any atom is 0.272 e. The molecule has 1 unspecified atom stereocenters. The molecule has 0 spiro atoms. The summed E-state index contributed by atoms with van der Waals surface area (Å²) in [4.78, 5) is 18.7. The van der Waals surface area contributed by atoms with Crippen molar-refractivity contribution in [3.8, 4) is 0 Å². The van der Waals surface area contributed by atoms with Crippen LogP contribution in [-0.4, -0.2) is 34.0 Å². The van der Waals surface area contributed by atoms with Crippen LogP contribution in [0.2, 0.25) is 5.02 Å². The molecule has 4 nitrogen and oxygen atoms in total. The largest absolute Gasteiger partial charge is 0.392 e. The molecule has 1 aliphatic rings. The Hall–Kier alpha value is -2.69. The van der Waals surface area contributed by atoms with E-state index < -0.39 is 0 Å². The molecule has 156 valence electrons. The molecule has 0 bridgehead atoms. The van der Waals surface area contributed by atoms with Crippen LogP contribution in [0.3, 0.4) is 0 Å². The first-order valence-corrected chi connectivity index (χ1v) is 10.5. The summed E-state index contributed by atoms with van der Waals surface area (Å²) < 4.78 is 0. The van der Waals surface area contributed by atoms with Crippen molar-refractivity contribution < 1.29 is 9.90 Å². The van der Waals surface area contributed by atoms with Crippen molar-refractivity contribution in [2.75, 3.05) is 13.1 Å². The number of hydrogen-bond acceptors (Lipinski definition) is 3. The van der Waals surface area contributed by atoms with Crippen LogP contribution >= 0.6 is 11.6 Å². The normalized spacial score (nSPS) is 16.6. The maximum atomic E-state index is 12.8. The van der Waals surface area contributed by atoms with E-state index in [-0.39, 0.29) is 18.4 Å². The molecule has 0 radical (unpaired) electrons. The minimum absolute atomic E-state index is 0.0521. The second-order valence-electron chi connectivity index (χ2n) is 7.44. The van der Waals surface area contributed by atoms with E-state index in [0.717, 1.165) is 40.7 Å². The fourth-order valence-electron chi connectivity index (χ4n) is 3.92. The summed E-state index contributed by atoms with van der Waals surface area (Å²) >= 11 is 6.00. The highest BCUT2D eigenvalue weighted by Crippen LogP contribution is 2.33. The van der Waals surface area contributed by atoms with Crippen LogP contribution in [0.25, 0.3) is 5.57 Å². The molecule has 1 N–H and O–H groups in total. The van der Waals surface area contributed by atoms with Crippen LogP contribution in [-0.2, 0) is 6.61 Å². The monoisotopic (exact) mass is 422 g/mol. The quantitative estimate of drug-likeness (QED) is 0.608. The van der Waals surface area contributed by atoms with Crippen molar-refractivity contribution in [1.82, 2.24) is 9.88 Å². The third kappa shape index (κ3) is 4.72. The van der Waals surface area contributed by atoms with Gasteiger partial charge in [0, 0.05) is 30.2 Å². The topological polar surface area (TPSA) is 53.4 Å². The predicted octanol–water partition coefficient (Wildman–Crippen LogP) is 5.39. The zero-order valence-corrected chi connectivity index (χ0v) is 18.0. The Kier molecular flexibility index (Phi) is 7.24. The van der Waals surface area contributed by atoms with Crippen LogP contribution < -0.4 is 0 Å². The number of benzene rings is 1. The van der Waals surface area contributed by atoms with Crippen molar-refractivity contribution in [2.24, 2.45) is 0 Å². The van der Waals surface area contributed by atoms with Gasteiger partial charge in [-0.2, -0.15) is 0 Å². The lowest BCUT2D eigenvalue weighted by Crippen LogP contribution is -2.29. The molecular weight excluding hydrogens is 396 g/mol. The van der Waals surface area contributed by atoms with Gasteiger partial charge in [-0.1, -0.05) is 56.0 Å². The molecule has 1 fully saturated rings. The molecule has 2 aromatic rings. The summed E-state index contributed by atoms with van der Waals surface area (Å²) in [6.45, 7) is 11.2.